The Kier molecular flexibility index (Phi) is 15.1. The first kappa shape index (κ1) is 40.4. The molecule has 0 saturated carbocycles. The lowest BCUT2D eigenvalue weighted by atomic mass is 9.74. The summed E-state index contributed by atoms with van der Waals surface area (Å²) in [7, 11) is 2.92. The van der Waals surface area contributed by atoms with Crippen LogP contribution in [0.2, 0.25) is 0 Å². The number of esters is 1. The fraction of sp³-hybridized carbons (Fsp3) is 0.667. The summed E-state index contributed by atoms with van der Waals surface area (Å²) in [5, 5.41) is 44.0. The van der Waals surface area contributed by atoms with Crippen LogP contribution in [0.3, 0.4) is 0 Å². The van der Waals surface area contributed by atoms with Crippen molar-refractivity contribution >= 4 is 17.9 Å². The van der Waals surface area contributed by atoms with Gasteiger partial charge in [-0.05, 0) is 24.0 Å². The molecule has 4 N–H and O–H groups in total. The van der Waals surface area contributed by atoms with Crippen molar-refractivity contribution in [3.63, 3.8) is 0 Å². The normalized spacial score (nSPS) is 28.9. The molecule has 49 heavy (non-hydrogen) atoms. The second-order valence-electron chi connectivity index (χ2n) is 11.9. The average Bonchev–Trinajstić information content (AvgIpc) is 3.28. The van der Waals surface area contributed by atoms with Crippen LogP contribution >= 0.6 is 0 Å². The number of rotatable bonds is 23. The maximum absolute atomic E-state index is 13.0. The van der Waals surface area contributed by atoms with Gasteiger partial charge in [0, 0.05) is 33.5 Å². The molecule has 1 aromatic carbocycles. The highest BCUT2D eigenvalue weighted by molar-refractivity contribution is 5.93. The summed E-state index contributed by atoms with van der Waals surface area (Å²) >= 11 is 0. The summed E-state index contributed by atoms with van der Waals surface area (Å²) in [6.07, 6.45) is -6.52. The summed E-state index contributed by atoms with van der Waals surface area (Å²) in [5.41, 5.74) is -5.19. The van der Waals surface area contributed by atoms with Crippen molar-refractivity contribution in [1.82, 2.24) is 0 Å². The molecule has 2 fully saturated rings. The third kappa shape index (κ3) is 9.02. The quantitative estimate of drug-likeness (QED) is 0.0540. The molecule has 8 unspecified atom stereocenters. The molecule has 2 aliphatic rings. The molecule has 0 spiro atoms. The third-order valence-electron chi connectivity index (χ3n) is 8.53. The van der Waals surface area contributed by atoms with Gasteiger partial charge in [-0.1, -0.05) is 43.8 Å². The molecule has 276 valence electrons. The lowest BCUT2D eigenvalue weighted by Crippen LogP contribution is -2.77. The number of carboxylic acids is 2. The minimum absolute atomic E-state index is 0.0386. The molecule has 0 amide bonds. The van der Waals surface area contributed by atoms with Gasteiger partial charge in [0.2, 0.25) is 11.2 Å². The largest absolute Gasteiger partial charge is 0.479 e. The van der Waals surface area contributed by atoms with Gasteiger partial charge in [-0.25, -0.2) is 9.59 Å². The Morgan fingerprint density at radius 1 is 0.959 bits per heavy atom. The molecular weight excluding hydrogens is 652 g/mol. The van der Waals surface area contributed by atoms with Crippen molar-refractivity contribution in [2.45, 2.75) is 74.5 Å². The van der Waals surface area contributed by atoms with E-state index < -0.39 is 72.7 Å². The SMILES string of the molecule is C=C(CCC12OC(COCOCCOC)C(O)(C(=O)O)C(C(=O)O)(O1)C(O)C2OCOCCOC)C(OC(C)=O)C(C)Cc1ccccc1. The van der Waals surface area contributed by atoms with E-state index in [4.69, 9.17) is 42.6 Å². The highest BCUT2D eigenvalue weighted by Crippen LogP contribution is 2.55. The van der Waals surface area contributed by atoms with Crippen LogP contribution in [0.1, 0.15) is 32.3 Å². The van der Waals surface area contributed by atoms with Gasteiger partial charge in [-0.15, -0.1) is 0 Å². The molecule has 16 heteroatoms. The maximum atomic E-state index is 13.0. The smallest absolute Gasteiger partial charge is 0.342 e. The van der Waals surface area contributed by atoms with Crippen molar-refractivity contribution in [3.8, 4) is 0 Å². The molecular formula is C33H48O16. The number of benzene rings is 1. The van der Waals surface area contributed by atoms with Gasteiger partial charge >= 0.3 is 17.9 Å². The molecule has 0 radical (unpaired) electrons. The van der Waals surface area contributed by atoms with Crippen LogP contribution in [0, 0.1) is 5.92 Å². The second kappa shape index (κ2) is 18.3. The number of carbonyl (C=O) groups is 3. The number of aliphatic carboxylic acids is 2. The fourth-order valence-electron chi connectivity index (χ4n) is 6.15. The van der Waals surface area contributed by atoms with E-state index in [-0.39, 0.29) is 52.0 Å². The topological polar surface area (TPSA) is 215 Å². The molecule has 2 aliphatic heterocycles. The molecule has 2 saturated heterocycles. The zero-order chi connectivity index (χ0) is 36.2. The number of aliphatic hydroxyl groups excluding tert-OH is 1. The van der Waals surface area contributed by atoms with E-state index in [1.807, 2.05) is 37.3 Å². The standard InChI is InChI=1S/C33H48O16/c1-21(26(47-23(3)34)22(2)17-24-9-7-6-8-10-24)11-12-31-28(46-20-44-16-14-42-5)27(35)33(49-31,30(38)39)32(40,29(36)37)25(48-31)18-45-19-43-15-13-41-4/h6-10,22,25-28,35,40H,1,11-20H2,2-5H3,(H,36,37)(H,38,39). The Balaban J connectivity index is 1.97. The van der Waals surface area contributed by atoms with Crippen LogP contribution in [0.5, 0.6) is 0 Å². The molecule has 1 aromatic rings. The summed E-state index contributed by atoms with van der Waals surface area (Å²) in [6.45, 7) is 6.32. The molecule has 8 atom stereocenters. The number of ether oxygens (including phenoxy) is 9. The van der Waals surface area contributed by atoms with Crippen molar-refractivity contribution in [3.05, 3.63) is 48.0 Å². The van der Waals surface area contributed by atoms with Gasteiger partial charge in [-0.2, -0.15) is 0 Å². The van der Waals surface area contributed by atoms with Crippen LogP contribution in [-0.4, -0.2) is 141 Å². The van der Waals surface area contributed by atoms with E-state index in [1.165, 1.54) is 21.1 Å². The number of hydrogen-bond donors (Lipinski definition) is 4. The van der Waals surface area contributed by atoms with Gasteiger partial charge in [0.15, 0.2) is 5.79 Å². The Morgan fingerprint density at radius 3 is 2.16 bits per heavy atom. The lowest BCUT2D eigenvalue weighted by molar-refractivity contribution is -0.388. The third-order valence-corrected chi connectivity index (χ3v) is 8.53. The van der Waals surface area contributed by atoms with E-state index in [9.17, 15) is 34.8 Å². The number of hydrogen-bond acceptors (Lipinski definition) is 14. The molecule has 16 nitrogen and oxygen atoms in total. The minimum Gasteiger partial charge on any atom is -0.479 e. The molecule has 0 aliphatic carbocycles. The van der Waals surface area contributed by atoms with Crippen LogP contribution in [-0.2, 0) is 63.4 Å². The zero-order valence-electron chi connectivity index (χ0n) is 28.2. The minimum atomic E-state index is -3.38. The van der Waals surface area contributed by atoms with Crippen LogP contribution < -0.4 is 0 Å². The Bertz CT molecular complexity index is 1240. The zero-order valence-corrected chi connectivity index (χ0v) is 28.2. The van der Waals surface area contributed by atoms with E-state index >= 15 is 0 Å². The summed E-state index contributed by atoms with van der Waals surface area (Å²) in [4.78, 5) is 37.8. The summed E-state index contributed by atoms with van der Waals surface area (Å²) in [6, 6.07) is 9.52. The van der Waals surface area contributed by atoms with Gasteiger partial charge in [0.25, 0.3) is 0 Å². The number of carbonyl (C=O) groups excluding carboxylic acids is 1. The van der Waals surface area contributed by atoms with Crippen LogP contribution in [0.4, 0.5) is 0 Å². The van der Waals surface area contributed by atoms with E-state index in [1.54, 1.807) is 0 Å². The van der Waals surface area contributed by atoms with Crippen molar-refractivity contribution in [2.24, 2.45) is 5.92 Å². The first-order valence-corrected chi connectivity index (χ1v) is 15.8. The van der Waals surface area contributed by atoms with E-state index in [0.717, 1.165) is 5.56 Å². The predicted octanol–water partition coefficient (Wildman–Crippen LogP) is 0.901. The number of methoxy groups -OCH3 is 2. The van der Waals surface area contributed by atoms with E-state index in [2.05, 4.69) is 6.58 Å². The summed E-state index contributed by atoms with van der Waals surface area (Å²) < 4.78 is 49.4. The van der Waals surface area contributed by atoms with Gasteiger partial charge in [0.05, 0.1) is 33.0 Å². The monoisotopic (exact) mass is 700 g/mol. The Hall–Kier alpha value is -3.03. The highest BCUT2D eigenvalue weighted by Gasteiger charge is 2.83. The summed E-state index contributed by atoms with van der Waals surface area (Å²) in [5.74, 6) is -7.04. The van der Waals surface area contributed by atoms with Crippen molar-refractivity contribution < 1.29 is 77.4 Å². The Labute approximate surface area is 284 Å². The Morgan fingerprint density at radius 2 is 1.59 bits per heavy atom. The lowest BCUT2D eigenvalue weighted by Gasteiger charge is -2.50. The fourth-order valence-corrected chi connectivity index (χ4v) is 6.15. The predicted molar refractivity (Wildman–Crippen MR) is 167 cm³/mol. The van der Waals surface area contributed by atoms with Crippen LogP contribution in [0.15, 0.2) is 42.5 Å². The van der Waals surface area contributed by atoms with Gasteiger partial charge in [0.1, 0.15) is 38.0 Å². The first-order chi connectivity index (χ1) is 23.3. The number of carboxylic acid groups (broad SMARTS) is 2. The molecule has 0 aromatic heterocycles. The van der Waals surface area contributed by atoms with Crippen LogP contribution in [0.25, 0.3) is 0 Å². The number of aliphatic hydroxyl groups is 2. The average molecular weight is 701 g/mol. The highest BCUT2D eigenvalue weighted by atomic mass is 16.8. The first-order valence-electron chi connectivity index (χ1n) is 15.8. The van der Waals surface area contributed by atoms with Crippen molar-refractivity contribution in [2.75, 3.05) is 60.8 Å². The molecule has 3 rings (SSSR count). The van der Waals surface area contributed by atoms with Crippen molar-refractivity contribution in [1.29, 1.82) is 0 Å². The van der Waals surface area contributed by atoms with E-state index in [0.29, 0.717) is 12.0 Å². The molecule has 2 bridgehead atoms. The van der Waals surface area contributed by atoms with Gasteiger partial charge in [-0.3, -0.25) is 4.79 Å². The molecule has 2 heterocycles. The maximum Gasteiger partial charge on any atom is 0.342 e. The van der Waals surface area contributed by atoms with Gasteiger partial charge < -0.3 is 63.1 Å². The number of fused-ring (bicyclic) bond motifs is 2. The second-order valence-corrected chi connectivity index (χ2v) is 11.9.